The number of nitro benzene ring substituents is 2. The van der Waals surface area contributed by atoms with Crippen LogP contribution in [0.25, 0.3) is 6.08 Å². The van der Waals surface area contributed by atoms with Crippen LogP contribution in [0, 0.1) is 20.2 Å². The van der Waals surface area contributed by atoms with Crippen LogP contribution in [-0.4, -0.2) is 25.9 Å². The molecule has 176 valence electrons. The van der Waals surface area contributed by atoms with Gasteiger partial charge in [0, 0.05) is 11.1 Å². The molecular weight excluding hydrogens is 498 g/mol. The van der Waals surface area contributed by atoms with Crippen molar-refractivity contribution in [3.63, 3.8) is 0 Å². The second kappa shape index (κ2) is 9.95. The molecule has 0 bridgehead atoms. The maximum absolute atomic E-state index is 12.8. The Morgan fingerprint density at radius 2 is 1.74 bits per heavy atom. The minimum atomic E-state index is -0.777. The summed E-state index contributed by atoms with van der Waals surface area (Å²) in [4.78, 5) is 47.3. The Labute approximate surface area is 207 Å². The Morgan fingerprint density at radius 1 is 0.971 bits per heavy atom. The fourth-order valence-electron chi connectivity index (χ4n) is 3.23. The van der Waals surface area contributed by atoms with Crippen molar-refractivity contribution in [2.75, 3.05) is 0 Å². The van der Waals surface area contributed by atoms with Gasteiger partial charge in [-0.15, -0.1) is 0 Å². The first-order chi connectivity index (χ1) is 16.7. The first-order valence-corrected chi connectivity index (χ1v) is 11.1. The van der Waals surface area contributed by atoms with Crippen molar-refractivity contribution in [1.82, 2.24) is 4.90 Å². The molecule has 1 heterocycles. The SMILES string of the molecule is O=C1S/C(=C\c2cccc(Oc3ccc([N+](=O)[O-])cc3[N+](=O)[O-])c2)C(=O)N1Cc1ccccc1Cl. The van der Waals surface area contributed by atoms with Gasteiger partial charge in [0.25, 0.3) is 16.8 Å². The first kappa shape index (κ1) is 23.9. The predicted octanol–water partition coefficient (Wildman–Crippen LogP) is 6.19. The number of nitrogens with zero attached hydrogens (tertiary/aromatic N) is 3. The van der Waals surface area contributed by atoms with Crippen LogP contribution >= 0.6 is 23.4 Å². The van der Waals surface area contributed by atoms with Crippen molar-refractivity contribution in [3.8, 4) is 11.5 Å². The Hall–Kier alpha value is -4.22. The van der Waals surface area contributed by atoms with E-state index in [1.54, 1.807) is 36.4 Å². The fourth-order valence-corrected chi connectivity index (χ4v) is 4.26. The van der Waals surface area contributed by atoms with Crippen LogP contribution < -0.4 is 4.74 Å². The molecule has 0 N–H and O–H groups in total. The minimum Gasteiger partial charge on any atom is -0.450 e. The molecule has 1 saturated heterocycles. The molecule has 12 heteroatoms. The summed E-state index contributed by atoms with van der Waals surface area (Å²) in [5.74, 6) is -0.457. The summed E-state index contributed by atoms with van der Waals surface area (Å²) in [6.45, 7) is 0.0364. The highest BCUT2D eigenvalue weighted by Crippen LogP contribution is 2.36. The van der Waals surface area contributed by atoms with E-state index in [1.165, 1.54) is 18.2 Å². The lowest BCUT2D eigenvalue weighted by atomic mass is 10.2. The number of halogens is 1. The quantitative estimate of drug-likeness (QED) is 0.208. The molecule has 1 aliphatic rings. The maximum atomic E-state index is 12.8. The second-order valence-electron chi connectivity index (χ2n) is 7.20. The van der Waals surface area contributed by atoms with E-state index in [9.17, 15) is 29.8 Å². The first-order valence-electron chi connectivity index (χ1n) is 9.92. The van der Waals surface area contributed by atoms with Gasteiger partial charge in [0.2, 0.25) is 5.75 Å². The molecule has 3 aromatic rings. The van der Waals surface area contributed by atoms with E-state index >= 15 is 0 Å². The highest BCUT2D eigenvalue weighted by Gasteiger charge is 2.35. The normalized spacial score (nSPS) is 14.4. The standard InChI is InChI=1S/C23H14ClN3O7S/c24-18-7-2-1-5-15(18)13-25-22(28)21(35-23(25)29)11-14-4-3-6-17(10-14)34-20-9-8-16(26(30)31)12-19(20)27(32)33/h1-12H,13H2/b21-11-. The van der Waals surface area contributed by atoms with Crippen LogP contribution in [0.3, 0.4) is 0 Å². The molecule has 0 radical (unpaired) electrons. The Balaban J connectivity index is 1.56. The van der Waals surface area contributed by atoms with E-state index in [1.807, 2.05) is 0 Å². The van der Waals surface area contributed by atoms with Crippen LogP contribution in [-0.2, 0) is 11.3 Å². The third kappa shape index (κ3) is 5.31. The molecule has 0 unspecified atom stereocenters. The average Bonchev–Trinajstić information content (AvgIpc) is 3.08. The second-order valence-corrected chi connectivity index (χ2v) is 8.60. The number of amides is 2. The summed E-state index contributed by atoms with van der Waals surface area (Å²) in [5, 5.41) is 22.3. The summed E-state index contributed by atoms with van der Waals surface area (Å²) in [6.07, 6.45) is 1.51. The zero-order valence-corrected chi connectivity index (χ0v) is 19.2. The van der Waals surface area contributed by atoms with Crippen molar-refractivity contribution in [2.24, 2.45) is 0 Å². The van der Waals surface area contributed by atoms with Crippen LogP contribution in [0.1, 0.15) is 11.1 Å². The summed E-state index contributed by atoms with van der Waals surface area (Å²) in [5.41, 5.74) is 0.142. The number of ether oxygens (including phenoxy) is 1. The van der Waals surface area contributed by atoms with Crippen molar-refractivity contribution in [2.45, 2.75) is 6.54 Å². The lowest BCUT2D eigenvalue weighted by Crippen LogP contribution is -2.27. The molecule has 35 heavy (non-hydrogen) atoms. The van der Waals surface area contributed by atoms with Crippen LogP contribution in [0.4, 0.5) is 16.2 Å². The zero-order valence-electron chi connectivity index (χ0n) is 17.6. The Kier molecular flexibility index (Phi) is 6.80. The third-order valence-corrected chi connectivity index (χ3v) is 6.17. The smallest absolute Gasteiger partial charge is 0.318 e. The number of imide groups is 1. The lowest BCUT2D eigenvalue weighted by Gasteiger charge is -2.13. The topological polar surface area (TPSA) is 133 Å². The van der Waals surface area contributed by atoms with E-state index in [-0.39, 0.29) is 22.9 Å². The molecule has 4 rings (SSSR count). The number of benzene rings is 3. The van der Waals surface area contributed by atoms with Gasteiger partial charge in [-0.25, -0.2) is 0 Å². The summed E-state index contributed by atoms with van der Waals surface area (Å²) < 4.78 is 5.59. The Morgan fingerprint density at radius 3 is 2.46 bits per heavy atom. The molecule has 0 atom stereocenters. The van der Waals surface area contributed by atoms with Gasteiger partial charge in [-0.05, 0) is 53.2 Å². The van der Waals surface area contributed by atoms with Crippen LogP contribution in [0.2, 0.25) is 5.02 Å². The van der Waals surface area contributed by atoms with Gasteiger partial charge < -0.3 is 4.74 Å². The monoisotopic (exact) mass is 511 g/mol. The lowest BCUT2D eigenvalue weighted by molar-refractivity contribution is -0.394. The van der Waals surface area contributed by atoms with Gasteiger partial charge in [-0.3, -0.25) is 34.7 Å². The number of hydrogen-bond donors (Lipinski definition) is 0. The third-order valence-electron chi connectivity index (χ3n) is 4.89. The Bertz CT molecular complexity index is 1410. The highest BCUT2D eigenvalue weighted by atomic mass is 35.5. The number of nitro groups is 2. The number of non-ortho nitro benzene ring substituents is 1. The molecule has 0 aliphatic carbocycles. The van der Waals surface area contributed by atoms with Crippen LogP contribution in [0.15, 0.2) is 71.6 Å². The van der Waals surface area contributed by atoms with E-state index in [0.717, 1.165) is 34.9 Å². The molecule has 10 nitrogen and oxygen atoms in total. The van der Waals surface area contributed by atoms with Crippen molar-refractivity contribution < 1.29 is 24.2 Å². The predicted molar refractivity (Wildman–Crippen MR) is 129 cm³/mol. The van der Waals surface area contributed by atoms with Gasteiger partial charge in [0.05, 0.1) is 27.4 Å². The number of carbonyl (C=O) groups excluding carboxylic acids is 2. The molecular formula is C23H14ClN3O7S. The average molecular weight is 512 g/mol. The van der Waals surface area contributed by atoms with Gasteiger partial charge in [0.15, 0.2) is 0 Å². The number of rotatable bonds is 7. The zero-order chi connectivity index (χ0) is 25.1. The highest BCUT2D eigenvalue weighted by molar-refractivity contribution is 8.18. The van der Waals surface area contributed by atoms with Gasteiger partial charge in [0.1, 0.15) is 5.75 Å². The fraction of sp³-hybridized carbons (Fsp3) is 0.0435. The van der Waals surface area contributed by atoms with E-state index in [0.29, 0.717) is 16.1 Å². The van der Waals surface area contributed by atoms with E-state index in [2.05, 4.69) is 0 Å². The number of carbonyl (C=O) groups is 2. The largest absolute Gasteiger partial charge is 0.450 e. The molecule has 2 amide bonds. The minimum absolute atomic E-state index is 0.0364. The summed E-state index contributed by atoms with van der Waals surface area (Å²) >= 11 is 6.93. The van der Waals surface area contributed by atoms with Gasteiger partial charge in [-0.1, -0.05) is 41.9 Å². The number of thioether (sulfide) groups is 1. The summed E-state index contributed by atoms with van der Waals surface area (Å²) in [6, 6.07) is 16.3. The van der Waals surface area contributed by atoms with E-state index in [4.69, 9.17) is 16.3 Å². The molecule has 1 fully saturated rings. The molecule has 0 aromatic heterocycles. The molecule has 0 saturated carbocycles. The summed E-state index contributed by atoms with van der Waals surface area (Å²) in [7, 11) is 0. The molecule has 0 spiro atoms. The molecule has 1 aliphatic heterocycles. The maximum Gasteiger partial charge on any atom is 0.318 e. The van der Waals surface area contributed by atoms with Gasteiger partial charge in [-0.2, -0.15) is 0 Å². The van der Waals surface area contributed by atoms with E-state index < -0.39 is 32.4 Å². The van der Waals surface area contributed by atoms with Gasteiger partial charge >= 0.3 is 5.69 Å². The number of hydrogen-bond acceptors (Lipinski definition) is 8. The molecule has 3 aromatic carbocycles. The van der Waals surface area contributed by atoms with Crippen LogP contribution in [0.5, 0.6) is 11.5 Å². The van der Waals surface area contributed by atoms with Crippen molar-refractivity contribution in [1.29, 1.82) is 0 Å². The van der Waals surface area contributed by atoms with Crippen molar-refractivity contribution >= 4 is 52.0 Å². The van der Waals surface area contributed by atoms with Crippen molar-refractivity contribution in [3.05, 3.63) is 108 Å².